The van der Waals surface area contributed by atoms with Crippen molar-refractivity contribution in [2.24, 2.45) is 5.84 Å². The number of halogens is 5. The Kier molecular flexibility index (Phi) is 4.14. The molecule has 21 heavy (non-hydrogen) atoms. The molecule has 4 N–H and O–H groups in total. The Bertz CT molecular complexity index is 662. The second-order valence-electron chi connectivity index (χ2n) is 3.85. The number of aromatic nitrogens is 2. The zero-order valence-electron chi connectivity index (χ0n) is 10.2. The number of nitrogen functional groups attached to an aromatic ring is 1. The van der Waals surface area contributed by atoms with E-state index in [-0.39, 0.29) is 22.3 Å². The SMILES string of the molecule is NNc1cc(Nc2ccc(Cl)cc2F)nc(C(F)(F)F)n1. The van der Waals surface area contributed by atoms with Crippen LogP contribution in [0, 0.1) is 5.82 Å². The first kappa shape index (κ1) is 15.3. The third-order valence-electron chi connectivity index (χ3n) is 2.32. The highest BCUT2D eigenvalue weighted by Crippen LogP contribution is 2.29. The number of anilines is 3. The minimum absolute atomic E-state index is 0.0887. The molecular weight excluding hydrogens is 314 g/mol. The van der Waals surface area contributed by atoms with Crippen LogP contribution >= 0.6 is 11.6 Å². The first-order valence-corrected chi connectivity index (χ1v) is 5.82. The van der Waals surface area contributed by atoms with Crippen molar-refractivity contribution >= 4 is 28.9 Å². The van der Waals surface area contributed by atoms with E-state index in [4.69, 9.17) is 17.4 Å². The lowest BCUT2D eigenvalue weighted by Gasteiger charge is -2.11. The summed E-state index contributed by atoms with van der Waals surface area (Å²) in [5.74, 6) is 2.36. The molecule has 2 rings (SSSR count). The summed E-state index contributed by atoms with van der Waals surface area (Å²) in [5.41, 5.74) is 1.89. The molecular formula is C11H8ClF4N5. The normalized spacial score (nSPS) is 11.3. The summed E-state index contributed by atoms with van der Waals surface area (Å²) < 4.78 is 51.5. The molecule has 5 nitrogen and oxygen atoms in total. The van der Waals surface area contributed by atoms with Crippen LogP contribution in [0.15, 0.2) is 24.3 Å². The lowest BCUT2D eigenvalue weighted by molar-refractivity contribution is -0.144. The largest absolute Gasteiger partial charge is 0.451 e. The maximum Gasteiger partial charge on any atom is 0.451 e. The molecule has 0 saturated carbocycles. The first-order chi connectivity index (χ1) is 9.79. The number of nitrogens with one attached hydrogen (secondary N) is 2. The molecule has 0 unspecified atom stereocenters. The van der Waals surface area contributed by atoms with Crippen molar-refractivity contribution in [2.45, 2.75) is 6.18 Å². The van der Waals surface area contributed by atoms with E-state index in [1.165, 1.54) is 12.1 Å². The first-order valence-electron chi connectivity index (χ1n) is 5.44. The van der Waals surface area contributed by atoms with Gasteiger partial charge in [0.1, 0.15) is 17.5 Å². The van der Waals surface area contributed by atoms with Crippen molar-refractivity contribution in [3.8, 4) is 0 Å². The smallest absolute Gasteiger partial charge is 0.338 e. The van der Waals surface area contributed by atoms with E-state index in [0.717, 1.165) is 12.1 Å². The highest BCUT2D eigenvalue weighted by atomic mass is 35.5. The van der Waals surface area contributed by atoms with E-state index in [9.17, 15) is 17.6 Å². The molecule has 1 aromatic heterocycles. The Morgan fingerprint density at radius 1 is 1.10 bits per heavy atom. The number of alkyl halides is 3. The highest BCUT2D eigenvalue weighted by molar-refractivity contribution is 6.30. The standard InChI is InChI=1S/C11H8ClF4N5/c12-5-1-2-7(6(13)3-5)18-8-4-9(21-17)20-10(19-8)11(14,15)16/h1-4H,17H2,(H2,18,19,20,21). The molecule has 0 atom stereocenters. The lowest BCUT2D eigenvalue weighted by atomic mass is 10.3. The fourth-order valence-electron chi connectivity index (χ4n) is 1.44. The fraction of sp³-hybridized carbons (Fsp3) is 0.0909. The van der Waals surface area contributed by atoms with Gasteiger partial charge in [-0.15, -0.1) is 0 Å². The predicted octanol–water partition coefficient (Wildman–Crippen LogP) is 3.32. The van der Waals surface area contributed by atoms with E-state index in [0.29, 0.717) is 0 Å². The third-order valence-corrected chi connectivity index (χ3v) is 2.56. The van der Waals surface area contributed by atoms with Crippen LogP contribution in [0.2, 0.25) is 5.02 Å². The topological polar surface area (TPSA) is 75.9 Å². The van der Waals surface area contributed by atoms with Crippen LogP contribution in [0.3, 0.4) is 0 Å². The molecule has 2 aromatic rings. The quantitative estimate of drug-likeness (QED) is 0.459. The van der Waals surface area contributed by atoms with Gasteiger partial charge in [-0.2, -0.15) is 13.2 Å². The van der Waals surface area contributed by atoms with Gasteiger partial charge in [0.25, 0.3) is 0 Å². The summed E-state index contributed by atoms with van der Waals surface area (Å²) in [7, 11) is 0. The third kappa shape index (κ3) is 3.70. The molecule has 0 aliphatic rings. The van der Waals surface area contributed by atoms with Crippen molar-refractivity contribution in [1.29, 1.82) is 0 Å². The lowest BCUT2D eigenvalue weighted by Crippen LogP contribution is -2.16. The van der Waals surface area contributed by atoms with Gasteiger partial charge in [0.15, 0.2) is 0 Å². The summed E-state index contributed by atoms with van der Waals surface area (Å²) in [4.78, 5) is 6.44. The Morgan fingerprint density at radius 2 is 1.76 bits per heavy atom. The van der Waals surface area contributed by atoms with Crippen molar-refractivity contribution in [2.75, 3.05) is 10.7 Å². The molecule has 0 spiro atoms. The Balaban J connectivity index is 2.39. The molecule has 0 radical (unpaired) electrons. The van der Waals surface area contributed by atoms with Gasteiger partial charge in [0, 0.05) is 11.1 Å². The number of hydrogen-bond donors (Lipinski definition) is 3. The fourth-order valence-corrected chi connectivity index (χ4v) is 1.60. The maximum atomic E-state index is 13.6. The summed E-state index contributed by atoms with van der Waals surface area (Å²) >= 11 is 5.58. The summed E-state index contributed by atoms with van der Waals surface area (Å²) in [6.45, 7) is 0. The van der Waals surface area contributed by atoms with Gasteiger partial charge in [-0.1, -0.05) is 11.6 Å². The van der Waals surface area contributed by atoms with Gasteiger partial charge in [0.2, 0.25) is 5.82 Å². The molecule has 0 bridgehead atoms. The highest BCUT2D eigenvalue weighted by Gasteiger charge is 2.35. The molecule has 1 heterocycles. The van der Waals surface area contributed by atoms with Crippen molar-refractivity contribution in [3.63, 3.8) is 0 Å². The van der Waals surface area contributed by atoms with Gasteiger partial charge >= 0.3 is 6.18 Å². The van der Waals surface area contributed by atoms with E-state index < -0.39 is 17.8 Å². The second-order valence-corrected chi connectivity index (χ2v) is 4.29. The van der Waals surface area contributed by atoms with E-state index >= 15 is 0 Å². The van der Waals surface area contributed by atoms with Gasteiger partial charge in [0.05, 0.1) is 5.69 Å². The molecule has 0 amide bonds. The monoisotopic (exact) mass is 321 g/mol. The van der Waals surface area contributed by atoms with Gasteiger partial charge in [-0.05, 0) is 18.2 Å². The van der Waals surface area contributed by atoms with E-state index in [2.05, 4.69) is 15.3 Å². The summed E-state index contributed by atoms with van der Waals surface area (Å²) in [5, 5.41) is 2.56. The number of hydrogen-bond acceptors (Lipinski definition) is 5. The average molecular weight is 322 g/mol. The van der Waals surface area contributed by atoms with Crippen LogP contribution in [0.5, 0.6) is 0 Å². The number of rotatable bonds is 3. The van der Waals surface area contributed by atoms with Crippen LogP contribution in [0.25, 0.3) is 0 Å². The number of hydrazine groups is 1. The Labute approximate surface area is 121 Å². The van der Waals surface area contributed by atoms with Crippen LogP contribution < -0.4 is 16.6 Å². The zero-order chi connectivity index (χ0) is 15.6. The predicted molar refractivity (Wildman–Crippen MR) is 69.5 cm³/mol. The van der Waals surface area contributed by atoms with Gasteiger partial charge in [-0.3, -0.25) is 0 Å². The summed E-state index contributed by atoms with van der Waals surface area (Å²) in [6.07, 6.45) is -4.76. The molecule has 112 valence electrons. The van der Waals surface area contributed by atoms with Gasteiger partial charge < -0.3 is 10.7 Å². The number of nitrogens with two attached hydrogens (primary N) is 1. The number of nitrogens with zero attached hydrogens (tertiary/aromatic N) is 2. The minimum Gasteiger partial charge on any atom is -0.338 e. The molecule has 0 fully saturated rings. The van der Waals surface area contributed by atoms with E-state index in [1.54, 1.807) is 0 Å². The summed E-state index contributed by atoms with van der Waals surface area (Å²) in [6, 6.07) is 4.75. The van der Waals surface area contributed by atoms with Crippen LogP contribution in [-0.4, -0.2) is 9.97 Å². The Morgan fingerprint density at radius 3 is 2.33 bits per heavy atom. The van der Waals surface area contributed by atoms with Crippen molar-refractivity contribution < 1.29 is 17.6 Å². The van der Waals surface area contributed by atoms with Crippen LogP contribution in [0.1, 0.15) is 5.82 Å². The van der Waals surface area contributed by atoms with E-state index in [1.807, 2.05) is 5.43 Å². The number of benzene rings is 1. The zero-order valence-corrected chi connectivity index (χ0v) is 10.9. The molecule has 1 aromatic carbocycles. The van der Waals surface area contributed by atoms with Crippen molar-refractivity contribution in [3.05, 3.63) is 40.9 Å². The second kappa shape index (κ2) is 5.70. The van der Waals surface area contributed by atoms with Crippen LogP contribution in [-0.2, 0) is 6.18 Å². The molecule has 0 aliphatic carbocycles. The van der Waals surface area contributed by atoms with Crippen molar-refractivity contribution in [1.82, 2.24) is 9.97 Å². The molecule has 0 saturated heterocycles. The Hall–Kier alpha value is -2.13. The van der Waals surface area contributed by atoms with Crippen LogP contribution in [0.4, 0.5) is 34.9 Å². The average Bonchev–Trinajstić information content (AvgIpc) is 2.40. The molecule has 10 heteroatoms. The minimum atomic E-state index is -4.76. The maximum absolute atomic E-state index is 13.6. The molecule has 0 aliphatic heterocycles. The van der Waals surface area contributed by atoms with Gasteiger partial charge in [-0.25, -0.2) is 20.2 Å².